The second-order valence-corrected chi connectivity index (χ2v) is 5.56. The number of nitrogens with zero attached hydrogens (tertiary/aromatic N) is 1. The number of benzene rings is 2. The van der Waals surface area contributed by atoms with E-state index in [1.165, 1.54) is 0 Å². The number of aromatic amines is 1. The highest BCUT2D eigenvalue weighted by Crippen LogP contribution is 2.28. The summed E-state index contributed by atoms with van der Waals surface area (Å²) in [6, 6.07) is 13.6. The average molecular weight is 340 g/mol. The standard InChI is InChI=1S/C13H8BrClN2S/c14-9-6-5-8(15)7-12(9)17-11-4-2-1-3-10(11)16-13(17)18/h1-7H,(H,16,18). The summed E-state index contributed by atoms with van der Waals surface area (Å²) >= 11 is 15.0. The lowest BCUT2D eigenvalue weighted by Gasteiger charge is -2.07. The van der Waals surface area contributed by atoms with E-state index < -0.39 is 0 Å². The normalized spacial score (nSPS) is 11.0. The molecule has 0 saturated heterocycles. The summed E-state index contributed by atoms with van der Waals surface area (Å²) in [5, 5.41) is 0.681. The number of aromatic nitrogens is 2. The van der Waals surface area contributed by atoms with Crippen molar-refractivity contribution in [2.75, 3.05) is 0 Å². The van der Waals surface area contributed by atoms with Crippen molar-refractivity contribution < 1.29 is 0 Å². The quantitative estimate of drug-likeness (QED) is 0.611. The molecule has 1 heterocycles. The van der Waals surface area contributed by atoms with Crippen molar-refractivity contribution in [1.29, 1.82) is 0 Å². The van der Waals surface area contributed by atoms with Crippen molar-refractivity contribution in [3.8, 4) is 5.69 Å². The number of imidazole rings is 1. The van der Waals surface area contributed by atoms with Gasteiger partial charge >= 0.3 is 0 Å². The predicted molar refractivity (Wildman–Crippen MR) is 81.2 cm³/mol. The van der Waals surface area contributed by atoms with Gasteiger partial charge in [0.25, 0.3) is 0 Å². The number of hydrogen-bond donors (Lipinski definition) is 1. The van der Waals surface area contributed by atoms with Gasteiger partial charge in [0.1, 0.15) is 0 Å². The van der Waals surface area contributed by atoms with Gasteiger partial charge in [0.15, 0.2) is 4.77 Å². The lowest BCUT2D eigenvalue weighted by molar-refractivity contribution is 1.06. The molecule has 0 radical (unpaired) electrons. The zero-order valence-corrected chi connectivity index (χ0v) is 12.3. The van der Waals surface area contributed by atoms with E-state index in [2.05, 4.69) is 20.9 Å². The average Bonchev–Trinajstić information content (AvgIpc) is 2.68. The Hall–Kier alpha value is -1.10. The number of H-pyrrole nitrogens is 1. The van der Waals surface area contributed by atoms with Crippen LogP contribution in [-0.2, 0) is 0 Å². The van der Waals surface area contributed by atoms with Gasteiger partial charge in [0.05, 0.1) is 16.7 Å². The summed E-state index contributed by atoms with van der Waals surface area (Å²) in [4.78, 5) is 3.19. The third kappa shape index (κ3) is 1.90. The van der Waals surface area contributed by atoms with Crippen LogP contribution >= 0.6 is 39.7 Å². The van der Waals surface area contributed by atoms with Crippen LogP contribution < -0.4 is 0 Å². The van der Waals surface area contributed by atoms with Crippen LogP contribution in [0.15, 0.2) is 46.9 Å². The Morgan fingerprint density at radius 3 is 2.78 bits per heavy atom. The van der Waals surface area contributed by atoms with E-state index in [0.717, 1.165) is 21.2 Å². The fraction of sp³-hybridized carbons (Fsp3) is 0. The van der Waals surface area contributed by atoms with Crippen LogP contribution in [0, 0.1) is 4.77 Å². The molecule has 2 aromatic carbocycles. The van der Waals surface area contributed by atoms with E-state index in [-0.39, 0.29) is 0 Å². The van der Waals surface area contributed by atoms with Crippen molar-refractivity contribution in [2.24, 2.45) is 0 Å². The first-order valence-electron chi connectivity index (χ1n) is 5.32. The summed E-state index contributed by atoms with van der Waals surface area (Å²) in [5.74, 6) is 0. The summed E-state index contributed by atoms with van der Waals surface area (Å²) < 4.78 is 3.58. The van der Waals surface area contributed by atoms with Gasteiger partial charge in [-0.15, -0.1) is 0 Å². The fourth-order valence-corrected chi connectivity index (χ4v) is 2.85. The molecule has 0 bridgehead atoms. The van der Waals surface area contributed by atoms with Gasteiger partial charge in [-0.1, -0.05) is 23.7 Å². The molecule has 0 spiro atoms. The predicted octanol–water partition coefficient (Wildman–Crippen LogP) is 5.10. The maximum atomic E-state index is 6.06. The number of para-hydroxylation sites is 2. The zero-order chi connectivity index (χ0) is 12.7. The van der Waals surface area contributed by atoms with Crippen molar-refractivity contribution in [1.82, 2.24) is 9.55 Å². The smallest absolute Gasteiger partial charge is 0.182 e. The lowest BCUT2D eigenvalue weighted by Crippen LogP contribution is -1.95. The zero-order valence-electron chi connectivity index (χ0n) is 9.15. The molecular formula is C13H8BrClN2S. The molecule has 0 aliphatic rings. The topological polar surface area (TPSA) is 20.7 Å². The van der Waals surface area contributed by atoms with Crippen LogP contribution in [0.5, 0.6) is 0 Å². The van der Waals surface area contributed by atoms with Crippen LogP contribution in [0.2, 0.25) is 5.02 Å². The summed E-state index contributed by atoms with van der Waals surface area (Å²) in [5.41, 5.74) is 2.98. The van der Waals surface area contributed by atoms with Crippen LogP contribution in [-0.4, -0.2) is 9.55 Å². The highest BCUT2D eigenvalue weighted by molar-refractivity contribution is 9.10. The number of hydrogen-bond acceptors (Lipinski definition) is 1. The monoisotopic (exact) mass is 338 g/mol. The Labute approximate surface area is 122 Å². The van der Waals surface area contributed by atoms with Gasteiger partial charge in [-0.05, 0) is 58.5 Å². The second kappa shape index (κ2) is 4.53. The SMILES string of the molecule is S=c1[nH]c2ccccc2n1-c1cc(Cl)ccc1Br. The Kier molecular flexibility index (Phi) is 3.01. The minimum Gasteiger partial charge on any atom is -0.330 e. The number of halogens is 2. The first-order chi connectivity index (χ1) is 8.66. The molecule has 1 N–H and O–H groups in total. The summed E-state index contributed by atoms with van der Waals surface area (Å²) in [7, 11) is 0. The van der Waals surface area contributed by atoms with Crippen molar-refractivity contribution in [2.45, 2.75) is 0 Å². The number of rotatable bonds is 1. The van der Waals surface area contributed by atoms with E-state index in [1.807, 2.05) is 47.0 Å². The molecule has 0 saturated carbocycles. The van der Waals surface area contributed by atoms with Gasteiger partial charge in [0, 0.05) is 9.50 Å². The number of fused-ring (bicyclic) bond motifs is 1. The van der Waals surface area contributed by atoms with Crippen molar-refractivity contribution in [3.63, 3.8) is 0 Å². The Balaban J connectivity index is 2.41. The summed E-state index contributed by atoms with van der Waals surface area (Å²) in [6.07, 6.45) is 0. The van der Waals surface area contributed by atoms with Crippen LogP contribution in [0.1, 0.15) is 0 Å². The van der Waals surface area contributed by atoms with Crippen LogP contribution in [0.4, 0.5) is 0 Å². The Morgan fingerprint density at radius 1 is 1.17 bits per heavy atom. The van der Waals surface area contributed by atoms with Crippen molar-refractivity contribution >= 4 is 50.8 Å². The molecule has 18 heavy (non-hydrogen) atoms. The molecule has 0 aliphatic carbocycles. The highest BCUT2D eigenvalue weighted by Gasteiger charge is 2.09. The minimum absolute atomic E-state index is 0.652. The molecule has 3 rings (SSSR count). The Bertz CT molecular complexity index is 791. The van der Waals surface area contributed by atoms with Crippen molar-refractivity contribution in [3.05, 3.63) is 56.7 Å². The minimum atomic E-state index is 0.652. The van der Waals surface area contributed by atoms with Crippen LogP contribution in [0.3, 0.4) is 0 Å². The molecule has 3 aromatic rings. The van der Waals surface area contributed by atoms with E-state index in [9.17, 15) is 0 Å². The third-order valence-corrected chi connectivity index (χ3v) is 3.93. The maximum Gasteiger partial charge on any atom is 0.182 e. The fourth-order valence-electron chi connectivity index (χ4n) is 1.95. The molecule has 0 aliphatic heterocycles. The van der Waals surface area contributed by atoms with Gasteiger partial charge in [-0.2, -0.15) is 0 Å². The Morgan fingerprint density at radius 2 is 1.94 bits per heavy atom. The molecule has 5 heteroatoms. The van der Waals surface area contributed by atoms with E-state index in [0.29, 0.717) is 9.79 Å². The van der Waals surface area contributed by atoms with E-state index in [1.54, 1.807) is 0 Å². The van der Waals surface area contributed by atoms with Gasteiger partial charge < -0.3 is 4.98 Å². The largest absolute Gasteiger partial charge is 0.330 e. The maximum absolute atomic E-state index is 6.06. The van der Waals surface area contributed by atoms with Gasteiger partial charge in [0.2, 0.25) is 0 Å². The van der Waals surface area contributed by atoms with E-state index in [4.69, 9.17) is 23.8 Å². The first-order valence-corrected chi connectivity index (χ1v) is 6.90. The molecule has 0 amide bonds. The number of nitrogens with one attached hydrogen (secondary N) is 1. The molecule has 0 atom stereocenters. The summed E-state index contributed by atoms with van der Waals surface area (Å²) in [6.45, 7) is 0. The molecular weight excluding hydrogens is 332 g/mol. The van der Waals surface area contributed by atoms with Crippen LogP contribution in [0.25, 0.3) is 16.7 Å². The third-order valence-electron chi connectivity index (χ3n) is 2.74. The lowest BCUT2D eigenvalue weighted by atomic mass is 10.3. The molecule has 90 valence electrons. The van der Waals surface area contributed by atoms with Gasteiger partial charge in [-0.25, -0.2) is 0 Å². The highest BCUT2D eigenvalue weighted by atomic mass is 79.9. The van der Waals surface area contributed by atoms with E-state index >= 15 is 0 Å². The second-order valence-electron chi connectivity index (χ2n) is 3.88. The first kappa shape index (κ1) is 12.0. The van der Waals surface area contributed by atoms with Gasteiger partial charge in [-0.3, -0.25) is 4.57 Å². The molecule has 1 aromatic heterocycles. The molecule has 0 fully saturated rings. The molecule has 2 nitrogen and oxygen atoms in total. The molecule has 0 unspecified atom stereocenters.